The number of methoxy groups -OCH3 is 1. The average Bonchev–Trinajstić information content (AvgIpc) is 3.29. The van der Waals surface area contributed by atoms with Crippen molar-refractivity contribution < 1.29 is 4.74 Å². The maximum atomic E-state index is 5.78. The minimum absolute atomic E-state index is 0.0175. The Hall–Kier alpha value is -1.49. The number of pyridine rings is 1. The molecule has 4 nitrogen and oxygen atoms in total. The summed E-state index contributed by atoms with van der Waals surface area (Å²) < 4.78 is 5.66. The molecule has 1 aromatic carbocycles. The Morgan fingerprint density at radius 3 is 2.79 bits per heavy atom. The van der Waals surface area contributed by atoms with Crippen LogP contribution in [0.15, 0.2) is 36.7 Å². The van der Waals surface area contributed by atoms with Gasteiger partial charge in [0.25, 0.3) is 0 Å². The van der Waals surface area contributed by atoms with Crippen molar-refractivity contribution in [2.75, 3.05) is 7.11 Å². The number of rotatable bonds is 5. The predicted octanol–water partition coefficient (Wildman–Crippen LogP) is 2.16. The number of nitrogens with zero attached hydrogens (tertiary/aromatic N) is 1. The van der Waals surface area contributed by atoms with Gasteiger partial charge in [0.1, 0.15) is 0 Å². The van der Waals surface area contributed by atoms with Gasteiger partial charge < -0.3 is 4.74 Å². The lowest BCUT2D eigenvalue weighted by Crippen LogP contribution is -2.39. The summed E-state index contributed by atoms with van der Waals surface area (Å²) in [6, 6.07) is 8.22. The van der Waals surface area contributed by atoms with Gasteiger partial charge in [0.2, 0.25) is 0 Å². The number of hydrogen-bond donors (Lipinski definition) is 2. The van der Waals surface area contributed by atoms with Crippen molar-refractivity contribution in [3.8, 4) is 0 Å². The van der Waals surface area contributed by atoms with Crippen molar-refractivity contribution >= 4 is 10.8 Å². The zero-order valence-electron chi connectivity index (χ0n) is 11.0. The van der Waals surface area contributed by atoms with Gasteiger partial charge >= 0.3 is 0 Å². The molecule has 1 aliphatic rings. The van der Waals surface area contributed by atoms with Gasteiger partial charge in [-0.25, -0.2) is 0 Å². The van der Waals surface area contributed by atoms with Crippen LogP contribution in [0.4, 0.5) is 0 Å². The van der Waals surface area contributed by atoms with Crippen molar-refractivity contribution in [3.63, 3.8) is 0 Å². The summed E-state index contributed by atoms with van der Waals surface area (Å²) in [5.74, 6) is 6.38. The van der Waals surface area contributed by atoms with Crippen LogP contribution in [0.2, 0.25) is 0 Å². The molecule has 2 aromatic rings. The van der Waals surface area contributed by atoms with Gasteiger partial charge in [-0.1, -0.05) is 24.3 Å². The van der Waals surface area contributed by atoms with E-state index in [1.165, 1.54) is 18.2 Å². The molecule has 1 aromatic heterocycles. The molecule has 2 unspecified atom stereocenters. The average molecular weight is 257 g/mol. The number of hydrogen-bond acceptors (Lipinski definition) is 4. The van der Waals surface area contributed by atoms with Crippen LogP contribution in [0.25, 0.3) is 10.8 Å². The summed E-state index contributed by atoms with van der Waals surface area (Å²) in [4.78, 5) is 4.33. The lowest BCUT2D eigenvalue weighted by atomic mass is 9.95. The Morgan fingerprint density at radius 1 is 1.32 bits per heavy atom. The molecule has 2 atom stereocenters. The van der Waals surface area contributed by atoms with Crippen molar-refractivity contribution in [1.82, 2.24) is 10.4 Å². The van der Waals surface area contributed by atoms with E-state index in [0.29, 0.717) is 5.92 Å². The number of hydrazine groups is 1. The maximum absolute atomic E-state index is 5.78. The standard InChI is InChI=1S/C15H19N3O/c1-19-15(10-6-7-10)14(18-16)13-9-17-8-11-4-2-3-5-12(11)13/h2-5,8-10,14-15,18H,6-7,16H2,1H3. The summed E-state index contributed by atoms with van der Waals surface area (Å²) in [5, 5.41) is 2.31. The smallest absolute Gasteiger partial charge is 0.0807 e. The highest BCUT2D eigenvalue weighted by Crippen LogP contribution is 2.40. The largest absolute Gasteiger partial charge is 0.379 e. The molecule has 100 valence electrons. The summed E-state index contributed by atoms with van der Waals surface area (Å²) in [5.41, 5.74) is 4.03. The van der Waals surface area contributed by atoms with Crippen LogP contribution in [0.3, 0.4) is 0 Å². The first kappa shape index (κ1) is 12.5. The van der Waals surface area contributed by atoms with Gasteiger partial charge in [0, 0.05) is 24.9 Å². The zero-order chi connectivity index (χ0) is 13.2. The summed E-state index contributed by atoms with van der Waals surface area (Å²) >= 11 is 0. The second-order valence-electron chi connectivity index (χ2n) is 5.13. The molecule has 3 rings (SSSR count). The second-order valence-corrected chi connectivity index (χ2v) is 5.13. The molecular weight excluding hydrogens is 238 g/mol. The molecule has 19 heavy (non-hydrogen) atoms. The van der Waals surface area contributed by atoms with Crippen LogP contribution in [0.1, 0.15) is 24.4 Å². The Morgan fingerprint density at radius 2 is 2.11 bits per heavy atom. The fraction of sp³-hybridized carbons (Fsp3) is 0.400. The third-order valence-corrected chi connectivity index (χ3v) is 3.90. The SMILES string of the molecule is COC(C1CC1)C(NN)c1cncc2ccccc12. The normalized spacial score (nSPS) is 18.4. The topological polar surface area (TPSA) is 60.2 Å². The van der Waals surface area contributed by atoms with E-state index in [2.05, 4.69) is 22.5 Å². The van der Waals surface area contributed by atoms with Crippen LogP contribution in [-0.2, 0) is 4.74 Å². The minimum atomic E-state index is -0.0175. The highest BCUT2D eigenvalue weighted by Gasteiger charge is 2.37. The van der Waals surface area contributed by atoms with Crippen molar-refractivity contribution in [2.45, 2.75) is 25.0 Å². The van der Waals surface area contributed by atoms with Crippen molar-refractivity contribution in [1.29, 1.82) is 0 Å². The highest BCUT2D eigenvalue weighted by atomic mass is 16.5. The van der Waals surface area contributed by atoms with E-state index in [-0.39, 0.29) is 12.1 Å². The van der Waals surface area contributed by atoms with Gasteiger partial charge in [0.05, 0.1) is 12.1 Å². The Kier molecular flexibility index (Phi) is 3.46. The quantitative estimate of drug-likeness (QED) is 0.636. The van der Waals surface area contributed by atoms with E-state index in [4.69, 9.17) is 10.6 Å². The molecule has 1 saturated carbocycles. The number of nitrogens with one attached hydrogen (secondary N) is 1. The van der Waals surface area contributed by atoms with E-state index in [1.54, 1.807) is 7.11 Å². The number of fused-ring (bicyclic) bond motifs is 1. The lowest BCUT2D eigenvalue weighted by Gasteiger charge is -2.26. The third kappa shape index (κ3) is 2.34. The van der Waals surface area contributed by atoms with Gasteiger partial charge in [-0.15, -0.1) is 0 Å². The number of ether oxygens (including phenoxy) is 1. The van der Waals surface area contributed by atoms with E-state index in [9.17, 15) is 0 Å². The first-order valence-electron chi connectivity index (χ1n) is 6.66. The van der Waals surface area contributed by atoms with E-state index < -0.39 is 0 Å². The molecular formula is C15H19N3O. The molecule has 0 saturated heterocycles. The van der Waals surface area contributed by atoms with Gasteiger partial charge in [0.15, 0.2) is 0 Å². The molecule has 0 aliphatic heterocycles. The molecule has 0 spiro atoms. The first-order valence-corrected chi connectivity index (χ1v) is 6.66. The first-order chi connectivity index (χ1) is 9.35. The summed E-state index contributed by atoms with van der Waals surface area (Å²) in [6.45, 7) is 0. The van der Waals surface area contributed by atoms with Crippen LogP contribution < -0.4 is 11.3 Å². The number of nitrogens with two attached hydrogens (primary N) is 1. The molecule has 0 radical (unpaired) electrons. The Labute approximate surface area is 112 Å². The molecule has 3 N–H and O–H groups in total. The van der Waals surface area contributed by atoms with Crippen LogP contribution in [0, 0.1) is 5.92 Å². The Bertz CT molecular complexity index is 563. The highest BCUT2D eigenvalue weighted by molar-refractivity contribution is 5.85. The molecule has 1 heterocycles. The molecule has 1 fully saturated rings. The Balaban J connectivity index is 2.05. The summed E-state index contributed by atoms with van der Waals surface area (Å²) in [7, 11) is 1.76. The monoisotopic (exact) mass is 257 g/mol. The maximum Gasteiger partial charge on any atom is 0.0807 e. The molecule has 1 aliphatic carbocycles. The van der Waals surface area contributed by atoms with Gasteiger partial charge in [-0.3, -0.25) is 16.3 Å². The minimum Gasteiger partial charge on any atom is -0.379 e. The number of aromatic nitrogens is 1. The van der Waals surface area contributed by atoms with Gasteiger partial charge in [-0.2, -0.15) is 0 Å². The number of benzene rings is 1. The van der Waals surface area contributed by atoms with Crippen molar-refractivity contribution in [3.05, 3.63) is 42.2 Å². The van der Waals surface area contributed by atoms with Gasteiger partial charge in [-0.05, 0) is 29.7 Å². The van der Waals surface area contributed by atoms with Crippen LogP contribution in [-0.4, -0.2) is 18.2 Å². The fourth-order valence-electron chi connectivity index (χ4n) is 2.77. The summed E-state index contributed by atoms with van der Waals surface area (Å²) in [6.07, 6.45) is 6.31. The van der Waals surface area contributed by atoms with Crippen LogP contribution in [0.5, 0.6) is 0 Å². The lowest BCUT2D eigenvalue weighted by molar-refractivity contribution is 0.0510. The zero-order valence-corrected chi connectivity index (χ0v) is 11.0. The van der Waals surface area contributed by atoms with E-state index >= 15 is 0 Å². The van der Waals surface area contributed by atoms with Crippen LogP contribution >= 0.6 is 0 Å². The van der Waals surface area contributed by atoms with E-state index in [1.807, 2.05) is 24.5 Å². The van der Waals surface area contributed by atoms with Crippen molar-refractivity contribution in [2.24, 2.45) is 11.8 Å². The molecule has 0 amide bonds. The second kappa shape index (κ2) is 5.25. The third-order valence-electron chi connectivity index (χ3n) is 3.90. The molecule has 0 bridgehead atoms. The predicted molar refractivity (Wildman–Crippen MR) is 75.3 cm³/mol. The van der Waals surface area contributed by atoms with E-state index in [0.717, 1.165) is 10.9 Å². The molecule has 4 heteroatoms. The fourth-order valence-corrected chi connectivity index (χ4v) is 2.77.